The third kappa shape index (κ3) is 31.5. The van der Waals surface area contributed by atoms with Gasteiger partial charge in [-0.25, -0.2) is 0 Å². The van der Waals surface area contributed by atoms with Crippen LogP contribution in [0.2, 0.25) is 0 Å². The topological polar surface area (TPSA) is 496 Å². The number of carbonyl (C=O) groups is 15. The lowest BCUT2D eigenvalue weighted by Gasteiger charge is -2.36. The largest absolute Gasteiger partial charge is 0.480 e. The number of anilines is 6. The van der Waals surface area contributed by atoms with Crippen LogP contribution in [-0.4, -0.2) is 471 Å². The lowest BCUT2D eigenvalue weighted by Crippen LogP contribution is -2.53. The van der Waals surface area contributed by atoms with Gasteiger partial charge < -0.3 is 75.4 Å². The molecule has 3 heterocycles. The third-order valence-corrected chi connectivity index (χ3v) is 23.3. The highest BCUT2D eigenvalue weighted by Gasteiger charge is 2.36. The van der Waals surface area contributed by atoms with Crippen molar-refractivity contribution in [2.24, 2.45) is 0 Å². The Bertz CT molecular complexity index is 4310. The molecule has 42 heteroatoms. The van der Waals surface area contributed by atoms with Crippen molar-refractivity contribution in [2.45, 2.75) is 33.7 Å². The maximum atomic E-state index is 15.9. The number of carboxylic acid groups (broad SMARTS) is 9. The van der Waals surface area contributed by atoms with Gasteiger partial charge in [-0.15, -0.1) is 0 Å². The van der Waals surface area contributed by atoms with Gasteiger partial charge in [-0.05, 0) is 99.0 Å². The fourth-order valence-electron chi connectivity index (χ4n) is 15.8. The lowest BCUT2D eigenvalue weighted by molar-refractivity contribution is -0.140. The Morgan fingerprint density at radius 1 is 0.252 bits per heavy atom. The molecular weight excluding hydrogens is 1660 g/mol. The number of aliphatic carboxylic acids is 9. The summed E-state index contributed by atoms with van der Waals surface area (Å²) >= 11 is 0. The van der Waals surface area contributed by atoms with E-state index >= 15 is 14.4 Å². The molecule has 4 aromatic carbocycles. The van der Waals surface area contributed by atoms with Gasteiger partial charge >= 0.3 is 53.7 Å². The van der Waals surface area contributed by atoms with E-state index in [-0.39, 0.29) is 280 Å². The zero-order valence-corrected chi connectivity index (χ0v) is 74.0. The summed E-state index contributed by atoms with van der Waals surface area (Å²) in [6, 6.07) is 18.4. The number of carbonyl (C=O) groups excluding carboxylic acids is 6. The van der Waals surface area contributed by atoms with Crippen LogP contribution in [0.5, 0.6) is 0 Å². The highest BCUT2D eigenvalue weighted by atomic mass is 16.4. The van der Waals surface area contributed by atoms with Crippen LogP contribution in [-0.2, 0) is 57.5 Å². The maximum Gasteiger partial charge on any atom is 0.317 e. The van der Waals surface area contributed by atoms with Crippen LogP contribution in [0, 0.1) is 20.8 Å². The number of carboxylic acids is 9. The maximum absolute atomic E-state index is 15.9. The summed E-state index contributed by atoms with van der Waals surface area (Å²) in [7, 11) is 8.99. The molecule has 1 atom stereocenters. The summed E-state index contributed by atoms with van der Waals surface area (Å²) < 4.78 is 0. The molecule has 3 aliphatic heterocycles. The van der Waals surface area contributed by atoms with E-state index in [2.05, 4.69) is 0 Å². The van der Waals surface area contributed by atoms with Gasteiger partial charge in [0.05, 0.1) is 78.0 Å². The van der Waals surface area contributed by atoms with Crippen LogP contribution in [0.1, 0.15) is 54.7 Å². The Morgan fingerprint density at radius 2 is 0.409 bits per heavy atom. The van der Waals surface area contributed by atoms with Crippen LogP contribution in [0.4, 0.5) is 34.1 Å². The van der Waals surface area contributed by atoms with Crippen molar-refractivity contribution in [3.8, 4) is 0 Å². The van der Waals surface area contributed by atoms with Crippen molar-refractivity contribution in [3.05, 3.63) is 106 Å². The Kier molecular flexibility index (Phi) is 39.5. The molecule has 696 valence electrons. The van der Waals surface area contributed by atoms with Crippen molar-refractivity contribution in [1.29, 1.82) is 0 Å². The second-order valence-corrected chi connectivity index (χ2v) is 32.2. The first-order valence-corrected chi connectivity index (χ1v) is 41.7. The molecule has 127 heavy (non-hydrogen) atoms. The molecule has 0 aliphatic carbocycles. The van der Waals surface area contributed by atoms with Crippen molar-refractivity contribution in [3.63, 3.8) is 0 Å². The van der Waals surface area contributed by atoms with E-state index in [1.807, 2.05) is 4.90 Å². The minimum atomic E-state index is -1.13. The first-order chi connectivity index (χ1) is 60.0. The smallest absolute Gasteiger partial charge is 0.317 e. The number of benzene rings is 4. The molecule has 42 nitrogen and oxygen atoms in total. The third-order valence-electron chi connectivity index (χ3n) is 23.3. The van der Waals surface area contributed by atoms with Crippen molar-refractivity contribution in [1.82, 2.24) is 58.8 Å². The standard InChI is InChI=1S/C85H122N18O24/c1-58-79(83(125)89(8)65-17-11-14-62(44-65)86(5)68(104)47-92-20-24-94(49-70(106)107)28-32-98(53-74(114)115)33-29-95(25-21-92)50-71(108)109)59(2)81(85(127)91(10)67-19-13-16-64(46-67)88(7)82(124)61(4)103-42-40-101(56-77(120)121)38-36-100(55-76(118)119)37-39-102(41-43-103)57-78(122)123)60(3)80(58)84(126)90(9)66-18-12-15-63(45-66)87(6)69(105)48-93-22-26-96(51-72(110)111)30-34-99(54-75(116)117)35-31-97(27-23-93)52-73(112)113/h11-19,44-46,61H,20-43,47-57H2,1-10H3,(H,106,107)(H,108,109)(H,110,111)(H,112,113)(H,114,115)(H,116,117)(H,118,119)(H,120,121)(H,122,123). The van der Waals surface area contributed by atoms with Gasteiger partial charge in [0, 0.05) is 250 Å². The molecule has 7 rings (SSSR count). The van der Waals surface area contributed by atoms with Gasteiger partial charge in [-0.3, -0.25) is 131 Å². The van der Waals surface area contributed by atoms with Gasteiger partial charge in [0.25, 0.3) is 17.7 Å². The van der Waals surface area contributed by atoms with Gasteiger partial charge in [-0.1, -0.05) is 18.2 Å². The monoisotopic (exact) mass is 1780 g/mol. The minimum absolute atomic E-state index is 0.0690. The van der Waals surface area contributed by atoms with Crippen molar-refractivity contribution >= 4 is 123 Å². The number of likely N-dealkylation sites (N-methyl/N-ethyl adjacent to an activating group) is 3. The number of hydrogen-bond acceptors (Lipinski definition) is 27. The van der Waals surface area contributed by atoms with Crippen LogP contribution in [0.25, 0.3) is 0 Å². The second-order valence-electron chi connectivity index (χ2n) is 32.2. The number of nitrogens with zero attached hydrogens (tertiary/aromatic N) is 18. The molecule has 0 saturated carbocycles. The van der Waals surface area contributed by atoms with Crippen LogP contribution in [0.3, 0.4) is 0 Å². The van der Waals surface area contributed by atoms with E-state index in [1.54, 1.807) is 154 Å². The van der Waals surface area contributed by atoms with E-state index in [0.29, 0.717) is 17.1 Å². The van der Waals surface area contributed by atoms with Crippen molar-refractivity contribution < 1.29 is 118 Å². The average Bonchev–Trinajstić information content (AvgIpc) is 0.744. The van der Waals surface area contributed by atoms with Crippen LogP contribution < -0.4 is 29.4 Å². The summed E-state index contributed by atoms with van der Waals surface area (Å²) in [4.78, 5) is 228. The summed E-state index contributed by atoms with van der Waals surface area (Å²) in [6.07, 6.45) is 0. The highest BCUT2D eigenvalue weighted by molar-refractivity contribution is 6.18. The summed E-state index contributed by atoms with van der Waals surface area (Å²) in [5.41, 5.74) is 1.92. The molecule has 4 aromatic rings. The Hall–Kier alpha value is -11.5. The normalized spacial score (nSPS) is 17.1. The molecule has 3 fully saturated rings. The van der Waals surface area contributed by atoms with E-state index < -0.39 is 95.2 Å². The van der Waals surface area contributed by atoms with Gasteiger partial charge in [0.2, 0.25) is 17.7 Å². The zero-order chi connectivity index (χ0) is 93.8. The molecule has 0 spiro atoms. The first kappa shape index (κ1) is 103. The molecule has 3 aliphatic rings. The van der Waals surface area contributed by atoms with E-state index in [4.69, 9.17) is 0 Å². The molecule has 1 unspecified atom stereocenters. The average molecular weight is 1780 g/mol. The quantitative estimate of drug-likeness (QED) is 0.0280. The Balaban J connectivity index is 1.24. The first-order valence-electron chi connectivity index (χ1n) is 41.7. The fraction of sp³-hybridized carbons (Fsp3) is 0.541. The van der Waals surface area contributed by atoms with Gasteiger partial charge in [0.15, 0.2) is 0 Å². The predicted octanol–water partition coefficient (Wildman–Crippen LogP) is -0.855. The Morgan fingerprint density at radius 3 is 0.591 bits per heavy atom. The predicted molar refractivity (Wildman–Crippen MR) is 469 cm³/mol. The molecule has 6 amide bonds. The van der Waals surface area contributed by atoms with E-state index in [0.717, 1.165) is 0 Å². The molecule has 0 radical (unpaired) electrons. The zero-order valence-electron chi connectivity index (χ0n) is 74.0. The minimum Gasteiger partial charge on any atom is -0.480 e. The molecule has 9 N–H and O–H groups in total. The number of rotatable bonds is 33. The van der Waals surface area contributed by atoms with E-state index in [9.17, 15) is 103 Å². The molecule has 0 aromatic heterocycles. The lowest BCUT2D eigenvalue weighted by atomic mass is 9.86. The van der Waals surface area contributed by atoms with Crippen LogP contribution >= 0.6 is 0 Å². The van der Waals surface area contributed by atoms with E-state index in [1.165, 1.54) is 71.7 Å². The number of hydrogen-bond donors (Lipinski definition) is 9. The summed E-state index contributed by atoms with van der Waals surface area (Å²) in [5, 5.41) is 88.2. The Labute approximate surface area is 737 Å². The molecule has 0 bridgehead atoms. The van der Waals surface area contributed by atoms with Crippen molar-refractivity contribution in [2.75, 3.05) is 301 Å². The van der Waals surface area contributed by atoms with Crippen LogP contribution in [0.15, 0.2) is 72.8 Å². The van der Waals surface area contributed by atoms with Gasteiger partial charge in [0.1, 0.15) is 0 Å². The summed E-state index contributed by atoms with van der Waals surface area (Å²) in [6.45, 7) is 6.15. The molecule has 3 saturated heterocycles. The highest BCUT2D eigenvalue weighted by Crippen LogP contribution is 2.35. The number of amides is 6. The second kappa shape index (κ2) is 49.0. The fourth-order valence-corrected chi connectivity index (χ4v) is 15.8. The summed E-state index contributed by atoms with van der Waals surface area (Å²) in [5.74, 6) is -13.5. The SMILES string of the molecule is Cc1c(C(=O)N(C)c2cccc(N(C)C(=O)CN3CCN(CC(=O)O)CCN(CC(=O)O)CCN(CC(=O)O)CC3)c2)c(C)c(C(=O)N(C)c2cccc(N(C)C(=O)C(C)N3CCN(CC(=O)O)CCN(CC(=O)O)CCN(CC(=O)O)CC3)c2)c(C)c1C(=O)N(C)c1cccc(N(C)C(=O)CN2CCN(CC(=O)O)CCN(CC(=O)O)CCN(CC(=O)O)CC2)c1. The molecular formula is C85H122N18O24. The van der Waals surface area contributed by atoms with Gasteiger partial charge in [-0.2, -0.15) is 0 Å².